The van der Waals surface area contributed by atoms with Crippen molar-refractivity contribution < 1.29 is 4.79 Å². The van der Waals surface area contributed by atoms with Gasteiger partial charge in [-0.2, -0.15) is 0 Å². The third-order valence-electron chi connectivity index (χ3n) is 3.44. The first-order chi connectivity index (χ1) is 9.24. The van der Waals surface area contributed by atoms with Crippen molar-refractivity contribution in [1.29, 1.82) is 0 Å². The van der Waals surface area contributed by atoms with Gasteiger partial charge in [0.1, 0.15) is 0 Å². The van der Waals surface area contributed by atoms with Gasteiger partial charge in [0.15, 0.2) is 0 Å². The topological polar surface area (TPSA) is 29.1 Å². The highest BCUT2D eigenvalue weighted by molar-refractivity contribution is 9.11. The zero-order valence-corrected chi connectivity index (χ0v) is 12.8. The van der Waals surface area contributed by atoms with Crippen LogP contribution in [0.15, 0.2) is 34.1 Å². The van der Waals surface area contributed by atoms with E-state index in [9.17, 15) is 4.79 Å². The largest absolute Gasteiger partial charge is 0.321 e. The lowest BCUT2D eigenvalue weighted by Crippen LogP contribution is -2.14. The highest BCUT2D eigenvalue weighted by atomic mass is 79.9. The molecular weight excluding hydrogens is 322 g/mol. The molecule has 1 amide bonds. The molecule has 2 aromatic rings. The highest BCUT2D eigenvalue weighted by Crippen LogP contribution is 2.29. The number of carbonyl (C=O) groups is 1. The minimum absolute atomic E-state index is 0.0188. The van der Waals surface area contributed by atoms with Gasteiger partial charge >= 0.3 is 0 Å². The van der Waals surface area contributed by atoms with Gasteiger partial charge < -0.3 is 5.32 Å². The summed E-state index contributed by atoms with van der Waals surface area (Å²) < 4.78 is 0.979. The summed E-state index contributed by atoms with van der Waals surface area (Å²) in [7, 11) is 0. The minimum Gasteiger partial charge on any atom is -0.321 e. The summed E-state index contributed by atoms with van der Waals surface area (Å²) in [5.74, 6) is -0.0188. The normalized spacial score (nSPS) is 13.9. The smallest absolute Gasteiger partial charge is 0.265 e. The average molecular weight is 336 g/mol. The molecule has 1 heterocycles. The van der Waals surface area contributed by atoms with Crippen LogP contribution < -0.4 is 5.32 Å². The predicted octanol–water partition coefficient (Wildman–Crippen LogP) is 4.64. The monoisotopic (exact) mass is 335 g/mol. The Bertz CT molecular complexity index is 620. The Morgan fingerprint density at radius 3 is 2.79 bits per heavy atom. The van der Waals surface area contributed by atoms with Gasteiger partial charge in [0.05, 0.1) is 8.66 Å². The molecule has 0 fully saturated rings. The lowest BCUT2D eigenvalue weighted by molar-refractivity contribution is 0.103. The van der Waals surface area contributed by atoms with Gasteiger partial charge in [0.2, 0.25) is 0 Å². The molecule has 0 bridgehead atoms. The fourth-order valence-electron chi connectivity index (χ4n) is 2.52. The number of anilines is 1. The van der Waals surface area contributed by atoms with E-state index in [1.54, 1.807) is 0 Å². The van der Waals surface area contributed by atoms with Crippen LogP contribution in [0.5, 0.6) is 0 Å². The maximum absolute atomic E-state index is 12.2. The molecule has 4 heteroatoms. The number of aryl methyl sites for hydroxylation is 1. The van der Waals surface area contributed by atoms with E-state index < -0.39 is 0 Å². The van der Waals surface area contributed by atoms with Crippen molar-refractivity contribution >= 4 is 38.9 Å². The van der Waals surface area contributed by atoms with Crippen LogP contribution in [0.3, 0.4) is 0 Å². The van der Waals surface area contributed by atoms with Crippen LogP contribution in [0.4, 0.5) is 5.69 Å². The van der Waals surface area contributed by atoms with E-state index in [4.69, 9.17) is 0 Å². The maximum atomic E-state index is 12.2. The summed E-state index contributed by atoms with van der Waals surface area (Å²) in [6, 6.07) is 9.96. The summed E-state index contributed by atoms with van der Waals surface area (Å²) >= 11 is 4.84. The van der Waals surface area contributed by atoms with Crippen LogP contribution in [0.2, 0.25) is 0 Å². The second kappa shape index (κ2) is 5.47. The number of thiophene rings is 1. The molecule has 2 nitrogen and oxygen atoms in total. The van der Waals surface area contributed by atoms with E-state index >= 15 is 0 Å². The molecule has 0 radical (unpaired) electrons. The fourth-order valence-corrected chi connectivity index (χ4v) is 3.80. The van der Waals surface area contributed by atoms with Crippen molar-refractivity contribution in [2.24, 2.45) is 0 Å². The van der Waals surface area contributed by atoms with Gasteiger partial charge in [-0.1, -0.05) is 12.1 Å². The molecule has 0 saturated carbocycles. The number of amides is 1. The Hall–Kier alpha value is -1.13. The van der Waals surface area contributed by atoms with E-state index in [1.165, 1.54) is 35.3 Å². The number of rotatable bonds is 2. The zero-order valence-electron chi connectivity index (χ0n) is 10.4. The third-order valence-corrected chi connectivity index (χ3v) is 5.06. The summed E-state index contributed by atoms with van der Waals surface area (Å²) in [6.07, 6.45) is 4.66. The van der Waals surface area contributed by atoms with Crippen LogP contribution in [0, 0.1) is 0 Å². The van der Waals surface area contributed by atoms with E-state index in [1.807, 2.05) is 24.3 Å². The lowest BCUT2D eigenvalue weighted by atomic mass is 9.90. The van der Waals surface area contributed by atoms with Gasteiger partial charge in [-0.3, -0.25) is 4.79 Å². The van der Waals surface area contributed by atoms with Gasteiger partial charge in [0.25, 0.3) is 5.91 Å². The molecule has 0 unspecified atom stereocenters. The standard InChI is InChI=1S/C15H14BrNOS/c16-14-9-8-13(19-14)15(18)17-12-7-3-5-10-4-1-2-6-11(10)12/h3,5,7-9H,1-2,4,6H2,(H,17,18). The molecule has 98 valence electrons. The lowest BCUT2D eigenvalue weighted by Gasteiger charge is -2.19. The Morgan fingerprint density at radius 2 is 2.00 bits per heavy atom. The SMILES string of the molecule is O=C(Nc1cccc2c1CCCC2)c1ccc(Br)s1. The first kappa shape index (κ1) is 12.9. The molecule has 0 saturated heterocycles. The molecule has 0 atom stereocenters. The van der Waals surface area contributed by atoms with Gasteiger partial charge in [-0.05, 0) is 70.9 Å². The third kappa shape index (κ3) is 2.74. The zero-order chi connectivity index (χ0) is 13.2. The van der Waals surface area contributed by atoms with Crippen molar-refractivity contribution in [3.8, 4) is 0 Å². The molecule has 1 aliphatic carbocycles. The van der Waals surface area contributed by atoms with Crippen LogP contribution in [0.1, 0.15) is 33.6 Å². The first-order valence-electron chi connectivity index (χ1n) is 6.41. The van der Waals surface area contributed by atoms with E-state index in [-0.39, 0.29) is 5.91 Å². The molecule has 1 aromatic heterocycles. The number of hydrogen-bond acceptors (Lipinski definition) is 2. The molecular formula is C15H14BrNOS. The summed E-state index contributed by atoms with van der Waals surface area (Å²) in [5, 5.41) is 3.05. The van der Waals surface area contributed by atoms with Gasteiger partial charge in [0, 0.05) is 5.69 Å². The minimum atomic E-state index is -0.0188. The molecule has 0 spiro atoms. The van der Waals surface area contributed by atoms with Crippen molar-refractivity contribution in [3.05, 3.63) is 50.1 Å². The van der Waals surface area contributed by atoms with Crippen molar-refractivity contribution in [2.75, 3.05) is 5.32 Å². The molecule has 19 heavy (non-hydrogen) atoms. The Labute approximate surface area is 125 Å². The van der Waals surface area contributed by atoms with Crippen LogP contribution >= 0.6 is 27.3 Å². The van der Waals surface area contributed by atoms with Crippen LogP contribution in [-0.2, 0) is 12.8 Å². The fraction of sp³-hybridized carbons (Fsp3) is 0.267. The van der Waals surface area contributed by atoms with Gasteiger partial charge in [-0.25, -0.2) is 0 Å². The molecule has 1 aromatic carbocycles. The average Bonchev–Trinajstić information content (AvgIpc) is 2.86. The van der Waals surface area contributed by atoms with Crippen molar-refractivity contribution in [2.45, 2.75) is 25.7 Å². The number of carbonyl (C=O) groups excluding carboxylic acids is 1. The number of hydrogen-bond donors (Lipinski definition) is 1. The second-order valence-corrected chi connectivity index (χ2v) is 7.17. The van der Waals surface area contributed by atoms with E-state index in [2.05, 4.69) is 27.3 Å². The maximum Gasteiger partial charge on any atom is 0.265 e. The number of nitrogens with one attached hydrogen (secondary N) is 1. The van der Waals surface area contributed by atoms with Gasteiger partial charge in [-0.15, -0.1) is 11.3 Å². The van der Waals surface area contributed by atoms with E-state index in [0.29, 0.717) is 0 Å². The highest BCUT2D eigenvalue weighted by Gasteiger charge is 2.15. The number of halogens is 1. The predicted molar refractivity (Wildman–Crippen MR) is 83.1 cm³/mol. The molecule has 1 N–H and O–H groups in total. The Kier molecular flexibility index (Phi) is 3.71. The number of fused-ring (bicyclic) bond motifs is 1. The summed E-state index contributed by atoms with van der Waals surface area (Å²) in [6.45, 7) is 0. The van der Waals surface area contributed by atoms with Crippen molar-refractivity contribution in [1.82, 2.24) is 0 Å². The van der Waals surface area contributed by atoms with Crippen molar-refractivity contribution in [3.63, 3.8) is 0 Å². The summed E-state index contributed by atoms with van der Waals surface area (Å²) in [5.41, 5.74) is 3.68. The molecule has 3 rings (SSSR count). The quantitative estimate of drug-likeness (QED) is 0.850. The number of benzene rings is 1. The second-order valence-electron chi connectivity index (χ2n) is 4.71. The van der Waals surface area contributed by atoms with Crippen LogP contribution in [-0.4, -0.2) is 5.91 Å². The Morgan fingerprint density at radius 1 is 1.16 bits per heavy atom. The Balaban J connectivity index is 1.85. The summed E-state index contributed by atoms with van der Waals surface area (Å²) in [4.78, 5) is 12.9. The van der Waals surface area contributed by atoms with E-state index in [0.717, 1.165) is 27.2 Å². The molecule has 1 aliphatic rings. The molecule has 0 aliphatic heterocycles. The van der Waals surface area contributed by atoms with Crippen LogP contribution in [0.25, 0.3) is 0 Å². The first-order valence-corrected chi connectivity index (χ1v) is 8.02.